The molecule has 0 saturated carbocycles. The molecule has 1 heterocycles. The molecule has 2 aromatic carbocycles. The second kappa shape index (κ2) is 8.18. The SMILES string of the molecule is O=C(NCc1ccc(Cl)cc1)Nc1ccc(C2CCOCC2)cc1. The van der Waals surface area contributed by atoms with E-state index in [0.717, 1.165) is 37.3 Å². The number of amides is 2. The van der Waals surface area contributed by atoms with E-state index in [2.05, 4.69) is 22.8 Å². The largest absolute Gasteiger partial charge is 0.381 e. The summed E-state index contributed by atoms with van der Waals surface area (Å²) in [5, 5.41) is 6.38. The summed E-state index contributed by atoms with van der Waals surface area (Å²) in [6, 6.07) is 15.3. The number of urea groups is 1. The Hall–Kier alpha value is -2.04. The van der Waals surface area contributed by atoms with Gasteiger partial charge in [-0.25, -0.2) is 4.79 Å². The summed E-state index contributed by atoms with van der Waals surface area (Å²) in [4.78, 5) is 12.0. The maximum atomic E-state index is 12.0. The molecule has 0 radical (unpaired) electrons. The molecule has 0 aromatic heterocycles. The highest BCUT2D eigenvalue weighted by atomic mass is 35.5. The Balaban J connectivity index is 1.49. The highest BCUT2D eigenvalue weighted by Gasteiger charge is 2.15. The molecule has 0 spiro atoms. The Morgan fingerprint density at radius 1 is 1.04 bits per heavy atom. The molecule has 126 valence electrons. The third-order valence-electron chi connectivity index (χ3n) is 4.23. The minimum absolute atomic E-state index is 0.219. The number of ether oxygens (including phenoxy) is 1. The number of carbonyl (C=O) groups excluding carboxylic acids is 1. The average Bonchev–Trinajstić information content (AvgIpc) is 2.63. The first-order valence-electron chi connectivity index (χ1n) is 8.18. The third-order valence-corrected chi connectivity index (χ3v) is 4.48. The van der Waals surface area contributed by atoms with Crippen molar-refractivity contribution < 1.29 is 9.53 Å². The van der Waals surface area contributed by atoms with Crippen molar-refractivity contribution in [2.45, 2.75) is 25.3 Å². The highest BCUT2D eigenvalue weighted by Crippen LogP contribution is 2.27. The third kappa shape index (κ3) is 4.73. The molecule has 1 aliphatic heterocycles. The van der Waals surface area contributed by atoms with Gasteiger partial charge in [0.25, 0.3) is 0 Å². The van der Waals surface area contributed by atoms with E-state index in [9.17, 15) is 4.79 Å². The van der Waals surface area contributed by atoms with Gasteiger partial charge in [0.15, 0.2) is 0 Å². The van der Waals surface area contributed by atoms with Crippen LogP contribution in [0.25, 0.3) is 0 Å². The Morgan fingerprint density at radius 3 is 2.38 bits per heavy atom. The molecule has 5 heteroatoms. The zero-order valence-electron chi connectivity index (χ0n) is 13.4. The van der Waals surface area contributed by atoms with Crippen molar-refractivity contribution in [3.63, 3.8) is 0 Å². The van der Waals surface area contributed by atoms with Crippen LogP contribution in [0.4, 0.5) is 10.5 Å². The number of hydrogen-bond acceptors (Lipinski definition) is 2. The Morgan fingerprint density at radius 2 is 1.71 bits per heavy atom. The van der Waals surface area contributed by atoms with Gasteiger partial charge in [-0.05, 0) is 54.2 Å². The standard InChI is InChI=1S/C19H21ClN2O2/c20-17-5-1-14(2-6-17)13-21-19(23)22-18-7-3-15(4-8-18)16-9-11-24-12-10-16/h1-8,16H,9-13H2,(H2,21,22,23). The first-order valence-corrected chi connectivity index (χ1v) is 8.55. The van der Waals surface area contributed by atoms with Gasteiger partial charge >= 0.3 is 6.03 Å². The van der Waals surface area contributed by atoms with E-state index < -0.39 is 0 Å². The number of hydrogen-bond donors (Lipinski definition) is 2. The first kappa shape index (κ1) is 16.8. The summed E-state index contributed by atoms with van der Waals surface area (Å²) in [6.07, 6.45) is 2.13. The van der Waals surface area contributed by atoms with Crippen LogP contribution in [-0.2, 0) is 11.3 Å². The second-order valence-corrected chi connectivity index (χ2v) is 6.38. The van der Waals surface area contributed by atoms with E-state index in [4.69, 9.17) is 16.3 Å². The van der Waals surface area contributed by atoms with Gasteiger partial charge in [0.2, 0.25) is 0 Å². The molecular weight excluding hydrogens is 324 g/mol. The number of nitrogens with one attached hydrogen (secondary N) is 2. The summed E-state index contributed by atoms with van der Waals surface area (Å²) < 4.78 is 5.39. The van der Waals surface area contributed by atoms with Gasteiger partial charge < -0.3 is 15.4 Å². The summed E-state index contributed by atoms with van der Waals surface area (Å²) in [7, 11) is 0. The zero-order valence-corrected chi connectivity index (χ0v) is 14.2. The molecule has 0 unspecified atom stereocenters. The van der Waals surface area contributed by atoms with E-state index >= 15 is 0 Å². The second-order valence-electron chi connectivity index (χ2n) is 5.94. The van der Waals surface area contributed by atoms with Crippen LogP contribution in [0, 0.1) is 0 Å². The molecule has 2 amide bonds. The van der Waals surface area contributed by atoms with E-state index in [0.29, 0.717) is 17.5 Å². The molecule has 2 aromatic rings. The van der Waals surface area contributed by atoms with Crippen LogP contribution in [0.3, 0.4) is 0 Å². The van der Waals surface area contributed by atoms with Crippen molar-refractivity contribution >= 4 is 23.3 Å². The first-order chi connectivity index (χ1) is 11.7. The molecule has 1 saturated heterocycles. The van der Waals surface area contributed by atoms with E-state index in [1.807, 2.05) is 36.4 Å². The summed E-state index contributed by atoms with van der Waals surface area (Å²) in [6.45, 7) is 2.12. The van der Waals surface area contributed by atoms with Crippen LogP contribution in [0.1, 0.15) is 29.9 Å². The minimum Gasteiger partial charge on any atom is -0.381 e. The molecule has 2 N–H and O–H groups in total. The van der Waals surface area contributed by atoms with Crippen LogP contribution in [0.5, 0.6) is 0 Å². The van der Waals surface area contributed by atoms with Gasteiger partial charge in [0.05, 0.1) is 0 Å². The van der Waals surface area contributed by atoms with Crippen LogP contribution in [0.2, 0.25) is 5.02 Å². The Bertz CT molecular complexity index is 665. The van der Waals surface area contributed by atoms with Crippen molar-refractivity contribution in [3.05, 3.63) is 64.7 Å². The number of rotatable bonds is 4. The van der Waals surface area contributed by atoms with Crippen molar-refractivity contribution in [2.24, 2.45) is 0 Å². The van der Waals surface area contributed by atoms with Gasteiger partial charge in [0, 0.05) is 30.5 Å². The fourth-order valence-electron chi connectivity index (χ4n) is 2.83. The van der Waals surface area contributed by atoms with Gasteiger partial charge in [-0.1, -0.05) is 35.9 Å². The van der Waals surface area contributed by atoms with Crippen LogP contribution in [-0.4, -0.2) is 19.2 Å². The summed E-state index contributed by atoms with van der Waals surface area (Å²) >= 11 is 5.84. The van der Waals surface area contributed by atoms with Gasteiger partial charge in [0.1, 0.15) is 0 Å². The maximum Gasteiger partial charge on any atom is 0.319 e. The molecule has 0 atom stereocenters. The normalized spacial score (nSPS) is 15.0. The number of anilines is 1. The van der Waals surface area contributed by atoms with Crippen molar-refractivity contribution in [1.29, 1.82) is 0 Å². The Kier molecular flexibility index (Phi) is 5.72. The molecular formula is C19H21ClN2O2. The van der Waals surface area contributed by atoms with Crippen molar-refractivity contribution in [2.75, 3.05) is 18.5 Å². The molecule has 3 rings (SSSR count). The van der Waals surface area contributed by atoms with Crippen LogP contribution >= 0.6 is 11.6 Å². The predicted octanol–water partition coefficient (Wildman–Crippen LogP) is 4.56. The van der Waals surface area contributed by atoms with Crippen LogP contribution in [0.15, 0.2) is 48.5 Å². The predicted molar refractivity (Wildman–Crippen MR) is 96.5 cm³/mol. The van der Waals surface area contributed by atoms with Crippen LogP contribution < -0.4 is 10.6 Å². The number of benzene rings is 2. The van der Waals surface area contributed by atoms with Gasteiger partial charge in [-0.3, -0.25) is 0 Å². The lowest BCUT2D eigenvalue weighted by Crippen LogP contribution is -2.28. The lowest BCUT2D eigenvalue weighted by molar-refractivity contribution is 0.0853. The van der Waals surface area contributed by atoms with Crippen molar-refractivity contribution in [3.8, 4) is 0 Å². The van der Waals surface area contributed by atoms with E-state index in [1.54, 1.807) is 0 Å². The minimum atomic E-state index is -0.219. The van der Waals surface area contributed by atoms with Gasteiger partial charge in [-0.2, -0.15) is 0 Å². The molecule has 0 bridgehead atoms. The Labute approximate surface area is 147 Å². The maximum absolute atomic E-state index is 12.0. The monoisotopic (exact) mass is 344 g/mol. The summed E-state index contributed by atoms with van der Waals surface area (Å²) in [5.74, 6) is 0.562. The number of carbonyl (C=O) groups is 1. The molecule has 0 aliphatic carbocycles. The quantitative estimate of drug-likeness (QED) is 0.854. The molecule has 1 aliphatic rings. The van der Waals surface area contributed by atoms with Crippen molar-refractivity contribution in [1.82, 2.24) is 5.32 Å². The van der Waals surface area contributed by atoms with E-state index in [-0.39, 0.29) is 6.03 Å². The zero-order chi connectivity index (χ0) is 16.8. The average molecular weight is 345 g/mol. The lowest BCUT2D eigenvalue weighted by Gasteiger charge is -2.22. The van der Waals surface area contributed by atoms with E-state index in [1.165, 1.54) is 5.56 Å². The topological polar surface area (TPSA) is 50.4 Å². The molecule has 1 fully saturated rings. The molecule has 24 heavy (non-hydrogen) atoms. The lowest BCUT2D eigenvalue weighted by atomic mass is 9.92. The fourth-order valence-corrected chi connectivity index (χ4v) is 2.96. The number of halogens is 1. The smallest absolute Gasteiger partial charge is 0.319 e. The molecule has 4 nitrogen and oxygen atoms in total. The van der Waals surface area contributed by atoms with Gasteiger partial charge in [-0.15, -0.1) is 0 Å². The summed E-state index contributed by atoms with van der Waals surface area (Å²) in [5.41, 5.74) is 3.11. The fraction of sp³-hybridized carbons (Fsp3) is 0.316. The highest BCUT2D eigenvalue weighted by molar-refractivity contribution is 6.30.